The lowest BCUT2D eigenvalue weighted by atomic mass is 9.99. The summed E-state index contributed by atoms with van der Waals surface area (Å²) in [5.74, 6) is 0.271. The third-order valence-electron chi connectivity index (χ3n) is 3.49. The van der Waals surface area contributed by atoms with Gasteiger partial charge in [0.2, 0.25) is 0 Å². The Labute approximate surface area is 133 Å². The van der Waals surface area contributed by atoms with Crippen molar-refractivity contribution in [2.45, 2.75) is 0 Å². The van der Waals surface area contributed by atoms with Gasteiger partial charge in [0.25, 0.3) is 5.76 Å². The number of ether oxygens (including phenoxy) is 2. The van der Waals surface area contributed by atoms with Crippen molar-refractivity contribution in [1.82, 2.24) is 5.16 Å². The van der Waals surface area contributed by atoms with Crippen LogP contribution < -0.4 is 4.74 Å². The van der Waals surface area contributed by atoms with Crippen molar-refractivity contribution in [1.29, 1.82) is 0 Å². The number of aromatic nitrogens is 1. The lowest BCUT2D eigenvalue weighted by Gasteiger charge is -2.05. The highest BCUT2D eigenvalue weighted by atomic mass is 16.5. The predicted octanol–water partition coefficient (Wildman–Crippen LogP) is 3.80. The quantitative estimate of drug-likeness (QED) is 0.686. The Bertz CT molecular complexity index is 807. The minimum Gasteiger partial charge on any atom is -0.497 e. The summed E-state index contributed by atoms with van der Waals surface area (Å²) in [7, 11) is 2.92. The molecular weight excluding hydrogens is 294 g/mol. The molecular formula is C18H15NO4. The lowest BCUT2D eigenvalue weighted by molar-refractivity contribution is 0.0556. The van der Waals surface area contributed by atoms with Crippen LogP contribution in [-0.2, 0) is 4.74 Å². The Hall–Kier alpha value is -3.08. The molecule has 1 aromatic heterocycles. The molecule has 3 rings (SSSR count). The third kappa shape index (κ3) is 2.81. The SMILES string of the molecule is COC(=O)c1onc(-c2ccc(OC)cc2)c1-c1ccccc1. The van der Waals surface area contributed by atoms with Crippen LogP contribution >= 0.6 is 0 Å². The number of methoxy groups -OCH3 is 2. The van der Waals surface area contributed by atoms with Gasteiger partial charge < -0.3 is 14.0 Å². The van der Waals surface area contributed by atoms with Crippen LogP contribution in [0.15, 0.2) is 59.1 Å². The van der Waals surface area contributed by atoms with E-state index < -0.39 is 5.97 Å². The van der Waals surface area contributed by atoms with E-state index in [4.69, 9.17) is 14.0 Å². The van der Waals surface area contributed by atoms with Crippen molar-refractivity contribution >= 4 is 5.97 Å². The molecule has 0 saturated heterocycles. The van der Waals surface area contributed by atoms with Gasteiger partial charge in [0, 0.05) is 5.56 Å². The first-order valence-electron chi connectivity index (χ1n) is 7.02. The number of hydrogen-bond acceptors (Lipinski definition) is 5. The average Bonchev–Trinajstić information content (AvgIpc) is 3.07. The first kappa shape index (κ1) is 14.8. The molecule has 116 valence electrons. The molecule has 0 fully saturated rings. The summed E-state index contributed by atoms with van der Waals surface area (Å²) < 4.78 is 15.2. The van der Waals surface area contributed by atoms with Crippen molar-refractivity contribution in [2.24, 2.45) is 0 Å². The van der Waals surface area contributed by atoms with Crippen LogP contribution in [0.1, 0.15) is 10.6 Å². The smallest absolute Gasteiger partial charge is 0.377 e. The van der Waals surface area contributed by atoms with E-state index in [0.29, 0.717) is 11.3 Å². The number of carbonyl (C=O) groups is 1. The Morgan fingerprint density at radius 2 is 1.65 bits per heavy atom. The van der Waals surface area contributed by atoms with Crippen LogP contribution in [0.3, 0.4) is 0 Å². The topological polar surface area (TPSA) is 61.6 Å². The molecule has 0 aliphatic rings. The van der Waals surface area contributed by atoms with Gasteiger partial charge in [-0.2, -0.15) is 0 Å². The van der Waals surface area contributed by atoms with Gasteiger partial charge in [0.05, 0.1) is 19.8 Å². The zero-order valence-electron chi connectivity index (χ0n) is 12.8. The minimum absolute atomic E-state index is 0.0875. The van der Waals surface area contributed by atoms with E-state index >= 15 is 0 Å². The third-order valence-corrected chi connectivity index (χ3v) is 3.49. The number of hydrogen-bond donors (Lipinski definition) is 0. The molecule has 0 N–H and O–H groups in total. The van der Waals surface area contributed by atoms with Crippen LogP contribution in [0.4, 0.5) is 0 Å². The highest BCUT2D eigenvalue weighted by molar-refractivity contribution is 5.98. The molecule has 0 aliphatic carbocycles. The average molecular weight is 309 g/mol. The molecule has 0 saturated carbocycles. The summed E-state index contributed by atoms with van der Waals surface area (Å²) >= 11 is 0. The molecule has 0 radical (unpaired) electrons. The van der Waals surface area contributed by atoms with Crippen LogP contribution in [0.2, 0.25) is 0 Å². The molecule has 0 spiro atoms. The fourth-order valence-electron chi connectivity index (χ4n) is 2.34. The molecule has 1 heterocycles. The summed E-state index contributed by atoms with van der Waals surface area (Å²) in [6.45, 7) is 0. The van der Waals surface area contributed by atoms with Gasteiger partial charge in [0.1, 0.15) is 11.4 Å². The van der Waals surface area contributed by atoms with Crippen LogP contribution in [0.25, 0.3) is 22.4 Å². The maximum atomic E-state index is 12.0. The predicted molar refractivity (Wildman–Crippen MR) is 85.3 cm³/mol. The van der Waals surface area contributed by atoms with Gasteiger partial charge >= 0.3 is 5.97 Å². The normalized spacial score (nSPS) is 10.3. The van der Waals surface area contributed by atoms with Crippen molar-refractivity contribution in [3.05, 3.63) is 60.4 Å². The Balaban J connectivity index is 2.17. The first-order valence-corrected chi connectivity index (χ1v) is 7.02. The van der Waals surface area contributed by atoms with E-state index in [9.17, 15) is 4.79 Å². The van der Waals surface area contributed by atoms with Gasteiger partial charge in [-0.15, -0.1) is 0 Å². The number of nitrogens with zero attached hydrogens (tertiary/aromatic N) is 1. The van der Waals surface area contributed by atoms with E-state index in [1.165, 1.54) is 7.11 Å². The maximum Gasteiger partial charge on any atom is 0.377 e. The van der Waals surface area contributed by atoms with Crippen molar-refractivity contribution in [3.8, 4) is 28.1 Å². The molecule has 0 unspecified atom stereocenters. The molecule has 0 atom stereocenters. The highest BCUT2D eigenvalue weighted by Gasteiger charge is 2.25. The van der Waals surface area contributed by atoms with Crippen LogP contribution in [0, 0.1) is 0 Å². The van der Waals surface area contributed by atoms with Gasteiger partial charge in [-0.1, -0.05) is 35.5 Å². The van der Waals surface area contributed by atoms with Gasteiger partial charge in [0.15, 0.2) is 0 Å². The summed E-state index contributed by atoms with van der Waals surface area (Å²) in [6, 6.07) is 16.9. The zero-order chi connectivity index (χ0) is 16.2. The highest BCUT2D eigenvalue weighted by Crippen LogP contribution is 2.35. The second kappa shape index (κ2) is 6.36. The number of carbonyl (C=O) groups excluding carboxylic acids is 1. The Morgan fingerprint density at radius 3 is 2.26 bits per heavy atom. The summed E-state index contributed by atoms with van der Waals surface area (Å²) in [5.41, 5.74) is 2.85. The summed E-state index contributed by atoms with van der Waals surface area (Å²) in [4.78, 5) is 12.0. The standard InChI is InChI=1S/C18H15NO4/c1-21-14-10-8-13(9-11-14)16-15(12-6-4-3-5-7-12)17(23-19-16)18(20)22-2/h3-11H,1-2H3. The summed E-state index contributed by atoms with van der Waals surface area (Å²) in [6.07, 6.45) is 0. The van der Waals surface area contributed by atoms with Crippen LogP contribution in [0.5, 0.6) is 5.75 Å². The molecule has 5 heteroatoms. The van der Waals surface area contributed by atoms with E-state index in [0.717, 1.165) is 16.9 Å². The maximum absolute atomic E-state index is 12.0. The molecule has 0 amide bonds. The monoisotopic (exact) mass is 309 g/mol. The molecule has 0 bridgehead atoms. The second-order valence-corrected chi connectivity index (χ2v) is 4.82. The van der Waals surface area contributed by atoms with Crippen molar-refractivity contribution in [3.63, 3.8) is 0 Å². The largest absolute Gasteiger partial charge is 0.497 e. The van der Waals surface area contributed by atoms with Crippen LogP contribution in [-0.4, -0.2) is 25.3 Å². The van der Waals surface area contributed by atoms with E-state index in [1.54, 1.807) is 7.11 Å². The first-order chi connectivity index (χ1) is 11.2. The minimum atomic E-state index is -0.559. The molecule has 5 nitrogen and oxygen atoms in total. The molecule has 23 heavy (non-hydrogen) atoms. The summed E-state index contributed by atoms with van der Waals surface area (Å²) in [5, 5.41) is 4.07. The lowest BCUT2D eigenvalue weighted by Crippen LogP contribution is -2.01. The zero-order valence-corrected chi connectivity index (χ0v) is 12.8. The molecule has 3 aromatic rings. The van der Waals surface area contributed by atoms with Gasteiger partial charge in [-0.05, 0) is 29.8 Å². The Morgan fingerprint density at radius 1 is 0.957 bits per heavy atom. The fraction of sp³-hybridized carbons (Fsp3) is 0.111. The number of rotatable bonds is 4. The number of benzene rings is 2. The van der Waals surface area contributed by atoms with E-state index in [-0.39, 0.29) is 5.76 Å². The van der Waals surface area contributed by atoms with Crippen molar-refractivity contribution in [2.75, 3.05) is 14.2 Å². The Kier molecular flexibility index (Phi) is 4.10. The molecule has 2 aromatic carbocycles. The molecule has 0 aliphatic heterocycles. The van der Waals surface area contributed by atoms with E-state index in [1.807, 2.05) is 54.6 Å². The fourth-order valence-corrected chi connectivity index (χ4v) is 2.34. The number of esters is 1. The van der Waals surface area contributed by atoms with Crippen molar-refractivity contribution < 1.29 is 18.8 Å². The second-order valence-electron chi connectivity index (χ2n) is 4.82. The van der Waals surface area contributed by atoms with Gasteiger partial charge in [-0.3, -0.25) is 0 Å². The van der Waals surface area contributed by atoms with E-state index in [2.05, 4.69) is 5.16 Å². The van der Waals surface area contributed by atoms with Gasteiger partial charge in [-0.25, -0.2) is 4.79 Å².